The lowest BCUT2D eigenvalue weighted by Crippen LogP contribution is -2.48. The zero-order chi connectivity index (χ0) is 17.3. The highest BCUT2D eigenvalue weighted by atomic mass is 32.1. The van der Waals surface area contributed by atoms with Crippen LogP contribution >= 0.6 is 11.3 Å². The molecule has 2 amide bonds. The second-order valence-electron chi connectivity index (χ2n) is 6.05. The van der Waals surface area contributed by atoms with Gasteiger partial charge in [0, 0.05) is 5.38 Å². The first-order valence-corrected chi connectivity index (χ1v) is 8.71. The van der Waals surface area contributed by atoms with Crippen molar-refractivity contribution in [1.29, 1.82) is 0 Å². The molecule has 1 saturated heterocycles. The van der Waals surface area contributed by atoms with E-state index < -0.39 is 5.91 Å². The van der Waals surface area contributed by atoms with Gasteiger partial charge in [-0.15, -0.1) is 11.3 Å². The maximum absolute atomic E-state index is 12.8. The summed E-state index contributed by atoms with van der Waals surface area (Å²) in [7, 11) is 0. The number of thiophene rings is 1. The van der Waals surface area contributed by atoms with Gasteiger partial charge in [0.2, 0.25) is 5.91 Å². The lowest BCUT2D eigenvalue weighted by Gasteiger charge is -2.38. The Morgan fingerprint density at radius 2 is 2.08 bits per heavy atom. The molecule has 1 aromatic heterocycles. The molecule has 1 aromatic carbocycles. The molecule has 1 fully saturated rings. The molecule has 2 atom stereocenters. The third-order valence-electron chi connectivity index (χ3n) is 4.32. The number of ether oxygens (including phenoxy) is 1. The molecule has 24 heavy (non-hydrogen) atoms. The van der Waals surface area contributed by atoms with Crippen LogP contribution in [0.3, 0.4) is 0 Å². The largest absolute Gasteiger partial charge is 0.370 e. The highest BCUT2D eigenvalue weighted by Gasteiger charge is 2.32. The molecule has 6 heteroatoms. The predicted octanol–water partition coefficient (Wildman–Crippen LogP) is 2.76. The van der Waals surface area contributed by atoms with Crippen LogP contribution in [-0.2, 0) is 4.74 Å². The number of aryl methyl sites for hydroxylation is 1. The number of nitrogens with zero attached hydrogens (tertiary/aromatic N) is 1. The molecule has 2 aromatic rings. The molecule has 0 radical (unpaired) electrons. The fourth-order valence-electron chi connectivity index (χ4n) is 2.90. The third-order valence-corrected chi connectivity index (χ3v) is 5.24. The van der Waals surface area contributed by atoms with Crippen molar-refractivity contribution in [2.75, 3.05) is 13.2 Å². The highest BCUT2D eigenvalue weighted by Crippen LogP contribution is 2.29. The average molecular weight is 344 g/mol. The SMILES string of the molecule is Cc1ccccc1[C@@H]1CN(C(=O)c2cc(C(N)=O)cs2)[C@H](C)CO1. The van der Waals surface area contributed by atoms with E-state index >= 15 is 0 Å². The number of nitrogens with two attached hydrogens (primary N) is 1. The van der Waals surface area contributed by atoms with Crippen molar-refractivity contribution < 1.29 is 14.3 Å². The Morgan fingerprint density at radius 3 is 2.75 bits per heavy atom. The Morgan fingerprint density at radius 1 is 1.33 bits per heavy atom. The van der Waals surface area contributed by atoms with Gasteiger partial charge in [-0.3, -0.25) is 9.59 Å². The maximum atomic E-state index is 12.8. The predicted molar refractivity (Wildman–Crippen MR) is 93.2 cm³/mol. The van der Waals surface area contributed by atoms with Crippen LogP contribution in [0.25, 0.3) is 0 Å². The van der Waals surface area contributed by atoms with E-state index in [4.69, 9.17) is 10.5 Å². The van der Waals surface area contributed by atoms with Gasteiger partial charge >= 0.3 is 0 Å². The Labute approximate surface area is 145 Å². The molecule has 0 spiro atoms. The number of rotatable bonds is 3. The van der Waals surface area contributed by atoms with Crippen LogP contribution in [0.15, 0.2) is 35.7 Å². The lowest BCUT2D eigenvalue weighted by atomic mass is 10.0. The Bertz CT molecular complexity index is 771. The van der Waals surface area contributed by atoms with Gasteiger partial charge in [-0.25, -0.2) is 0 Å². The first-order valence-electron chi connectivity index (χ1n) is 7.84. The fraction of sp³-hybridized carbons (Fsp3) is 0.333. The summed E-state index contributed by atoms with van der Waals surface area (Å²) in [5.74, 6) is -0.597. The number of amides is 2. The van der Waals surface area contributed by atoms with Gasteiger partial charge in [-0.2, -0.15) is 0 Å². The molecule has 126 valence electrons. The van der Waals surface area contributed by atoms with Crippen molar-refractivity contribution in [2.24, 2.45) is 5.73 Å². The standard InChI is InChI=1S/C18H20N2O3S/c1-11-5-3-4-6-14(11)15-8-20(12(2)9-23-15)18(22)16-7-13(10-24-16)17(19)21/h3-7,10,12,15H,8-9H2,1-2H3,(H2,19,21)/t12-,15+/m1/s1. The molecule has 2 N–H and O–H groups in total. The Kier molecular flexibility index (Phi) is 4.69. The minimum Gasteiger partial charge on any atom is -0.370 e. The molecule has 0 bridgehead atoms. The summed E-state index contributed by atoms with van der Waals surface area (Å²) >= 11 is 1.25. The summed E-state index contributed by atoms with van der Waals surface area (Å²) in [5.41, 5.74) is 7.90. The summed E-state index contributed by atoms with van der Waals surface area (Å²) in [6.45, 7) is 4.99. The van der Waals surface area contributed by atoms with Crippen LogP contribution in [0.1, 0.15) is 44.2 Å². The fourth-order valence-corrected chi connectivity index (χ4v) is 3.75. The van der Waals surface area contributed by atoms with Crippen LogP contribution in [0.2, 0.25) is 0 Å². The summed E-state index contributed by atoms with van der Waals surface area (Å²) in [6, 6.07) is 9.60. The summed E-state index contributed by atoms with van der Waals surface area (Å²) in [6.07, 6.45) is -0.137. The number of primary amides is 1. The maximum Gasteiger partial charge on any atom is 0.264 e. The average Bonchev–Trinajstić information content (AvgIpc) is 3.06. The topological polar surface area (TPSA) is 72.6 Å². The smallest absolute Gasteiger partial charge is 0.264 e. The van der Waals surface area contributed by atoms with Crippen molar-refractivity contribution in [2.45, 2.75) is 26.0 Å². The molecular weight excluding hydrogens is 324 g/mol. The molecule has 1 aliphatic heterocycles. The van der Waals surface area contributed by atoms with E-state index in [1.807, 2.05) is 43.0 Å². The van der Waals surface area contributed by atoms with Crippen molar-refractivity contribution >= 4 is 23.2 Å². The highest BCUT2D eigenvalue weighted by molar-refractivity contribution is 7.12. The minimum atomic E-state index is -0.516. The van der Waals surface area contributed by atoms with Gasteiger partial charge < -0.3 is 15.4 Å². The van der Waals surface area contributed by atoms with E-state index in [0.717, 1.165) is 11.1 Å². The summed E-state index contributed by atoms with van der Waals surface area (Å²) in [4.78, 5) is 26.4. The number of morpholine rings is 1. The van der Waals surface area contributed by atoms with Crippen molar-refractivity contribution in [1.82, 2.24) is 4.90 Å². The van der Waals surface area contributed by atoms with Crippen LogP contribution in [0.4, 0.5) is 0 Å². The van der Waals surface area contributed by atoms with E-state index in [1.54, 1.807) is 11.4 Å². The number of hydrogen-bond acceptors (Lipinski definition) is 4. The van der Waals surface area contributed by atoms with E-state index in [1.165, 1.54) is 11.3 Å². The van der Waals surface area contributed by atoms with E-state index in [2.05, 4.69) is 0 Å². The molecule has 5 nitrogen and oxygen atoms in total. The zero-order valence-electron chi connectivity index (χ0n) is 13.7. The van der Waals surface area contributed by atoms with Crippen LogP contribution in [0.5, 0.6) is 0 Å². The van der Waals surface area contributed by atoms with Crippen molar-refractivity contribution in [3.63, 3.8) is 0 Å². The molecule has 2 heterocycles. The first kappa shape index (κ1) is 16.7. The number of carbonyl (C=O) groups excluding carboxylic acids is 2. The second-order valence-corrected chi connectivity index (χ2v) is 6.96. The van der Waals surface area contributed by atoms with Crippen LogP contribution in [0, 0.1) is 6.92 Å². The monoisotopic (exact) mass is 344 g/mol. The molecule has 0 unspecified atom stereocenters. The van der Waals surface area contributed by atoms with Crippen molar-refractivity contribution in [3.8, 4) is 0 Å². The summed E-state index contributed by atoms with van der Waals surface area (Å²) in [5, 5.41) is 1.62. The van der Waals surface area contributed by atoms with Gasteiger partial charge in [0.1, 0.15) is 6.10 Å². The molecular formula is C18H20N2O3S. The third kappa shape index (κ3) is 3.20. The number of hydrogen-bond donors (Lipinski definition) is 1. The van der Waals surface area contributed by atoms with Gasteiger partial charge in [0.25, 0.3) is 5.91 Å². The van der Waals surface area contributed by atoms with E-state index in [0.29, 0.717) is 23.6 Å². The van der Waals surface area contributed by atoms with E-state index in [-0.39, 0.29) is 18.1 Å². The lowest BCUT2D eigenvalue weighted by molar-refractivity contribution is -0.0487. The minimum absolute atomic E-state index is 0.0168. The van der Waals surface area contributed by atoms with Crippen molar-refractivity contribution in [3.05, 3.63) is 57.3 Å². The first-order chi connectivity index (χ1) is 11.5. The van der Waals surface area contributed by atoms with Gasteiger partial charge in [-0.1, -0.05) is 24.3 Å². The van der Waals surface area contributed by atoms with Gasteiger partial charge in [0.15, 0.2) is 0 Å². The molecule has 0 aliphatic carbocycles. The summed E-state index contributed by atoms with van der Waals surface area (Å²) < 4.78 is 5.95. The van der Waals surface area contributed by atoms with E-state index in [9.17, 15) is 9.59 Å². The second kappa shape index (κ2) is 6.75. The Balaban J connectivity index is 1.82. The van der Waals surface area contributed by atoms with Gasteiger partial charge in [0.05, 0.1) is 29.6 Å². The Hall–Kier alpha value is -2.18. The normalized spacial score (nSPS) is 20.8. The van der Waals surface area contributed by atoms with Crippen LogP contribution < -0.4 is 5.73 Å². The molecule has 0 saturated carbocycles. The quantitative estimate of drug-likeness (QED) is 0.930. The molecule has 1 aliphatic rings. The molecule has 3 rings (SSSR count). The van der Waals surface area contributed by atoms with Crippen LogP contribution in [-0.4, -0.2) is 35.9 Å². The number of carbonyl (C=O) groups is 2. The zero-order valence-corrected chi connectivity index (χ0v) is 14.5. The number of benzene rings is 1. The van der Waals surface area contributed by atoms with Gasteiger partial charge in [-0.05, 0) is 31.0 Å².